The lowest BCUT2D eigenvalue weighted by Gasteiger charge is -2.35. The molecule has 11 nitrogen and oxygen atoms in total. The summed E-state index contributed by atoms with van der Waals surface area (Å²) in [5, 5.41) is 20.0. The Morgan fingerprint density at radius 3 is 2.33 bits per heavy atom. The number of amides is 3. The van der Waals surface area contributed by atoms with Crippen molar-refractivity contribution in [2.45, 2.75) is 117 Å². The van der Waals surface area contributed by atoms with Crippen LogP contribution in [0.2, 0.25) is 0 Å². The zero-order valence-electron chi connectivity index (χ0n) is 27.3. The summed E-state index contributed by atoms with van der Waals surface area (Å²) < 4.78 is 0. The number of hydrogen-bond donors (Lipinski definition) is 3. The second-order valence-corrected chi connectivity index (χ2v) is 13.9. The number of benzene rings is 1. The summed E-state index contributed by atoms with van der Waals surface area (Å²) in [4.78, 5) is 49.8. The van der Waals surface area contributed by atoms with E-state index >= 15 is 0 Å². The maximum atomic E-state index is 13.9. The molecule has 0 unspecified atom stereocenters. The number of β-amino-alcohol motifs (C(OH)–C–C–N with tert-alkyl or cyclic N) is 1. The molecule has 0 radical (unpaired) electrons. The molecule has 45 heavy (non-hydrogen) atoms. The van der Waals surface area contributed by atoms with Gasteiger partial charge >= 0.3 is 0 Å². The molecule has 2 heterocycles. The Hall–Kier alpha value is -3.47. The minimum Gasteiger partial charge on any atom is -0.391 e. The molecule has 4 atom stereocenters. The Kier molecular flexibility index (Phi) is 13.8. The van der Waals surface area contributed by atoms with Crippen LogP contribution < -0.4 is 10.6 Å². The molecule has 3 N–H and O–H groups in total. The summed E-state index contributed by atoms with van der Waals surface area (Å²) in [6.07, 6.45) is 6.37. The first-order chi connectivity index (χ1) is 21.4. The number of likely N-dealkylation sites (tertiary alicyclic amines) is 1. The third-order valence-corrected chi connectivity index (χ3v) is 9.26. The van der Waals surface area contributed by atoms with Crippen LogP contribution in [-0.2, 0) is 14.4 Å². The molecule has 12 heteroatoms. The molecule has 246 valence electrons. The standard InChI is InChI=1S/C33H49N7O4S/c1-22(24-14-16-25(17-15-24)29-23(2)35-21-45-29)37-31(43)27-19-26(41)20-40(27)32(44)30(33(3,4)5)38-28(42)13-11-9-7-6-8-10-12-18-36-39-34/h14-17,21-22,26-27,30,41H,6-13,18-20H2,1-5H3,(H,37,43)(H,38,42)/t22-,26+,27-,30+/m0/s1. The molecule has 0 saturated carbocycles. The summed E-state index contributed by atoms with van der Waals surface area (Å²) in [7, 11) is 0. The zero-order chi connectivity index (χ0) is 33.0. The predicted octanol–water partition coefficient (Wildman–Crippen LogP) is 6.22. The molecule has 3 rings (SSSR count). The fraction of sp³-hybridized carbons (Fsp3) is 0.636. The Morgan fingerprint density at radius 2 is 1.73 bits per heavy atom. The van der Waals surface area contributed by atoms with Crippen molar-refractivity contribution in [3.63, 3.8) is 0 Å². The second kappa shape index (κ2) is 17.3. The number of carbonyl (C=O) groups is 3. The van der Waals surface area contributed by atoms with Crippen LogP contribution >= 0.6 is 11.3 Å². The largest absolute Gasteiger partial charge is 0.391 e. The van der Waals surface area contributed by atoms with E-state index in [1.54, 1.807) is 11.3 Å². The molecular formula is C33H49N7O4S. The molecule has 1 aromatic heterocycles. The lowest BCUT2D eigenvalue weighted by atomic mass is 9.85. The van der Waals surface area contributed by atoms with Gasteiger partial charge in [-0.2, -0.15) is 0 Å². The normalized spacial score (nSPS) is 17.8. The molecule has 1 saturated heterocycles. The fourth-order valence-corrected chi connectivity index (χ4v) is 6.46. The van der Waals surface area contributed by atoms with E-state index in [-0.39, 0.29) is 36.7 Å². The van der Waals surface area contributed by atoms with Crippen LogP contribution in [0.15, 0.2) is 34.9 Å². The van der Waals surface area contributed by atoms with Crippen LogP contribution in [-0.4, -0.2) is 64.0 Å². The van der Waals surface area contributed by atoms with Crippen molar-refractivity contribution in [1.29, 1.82) is 0 Å². The van der Waals surface area contributed by atoms with E-state index in [1.165, 1.54) is 4.90 Å². The number of carbonyl (C=O) groups excluding carboxylic acids is 3. The number of aliphatic hydroxyl groups excluding tert-OH is 1. The van der Waals surface area contributed by atoms with Crippen LogP contribution in [0.3, 0.4) is 0 Å². The number of thiazole rings is 1. The first-order valence-electron chi connectivity index (χ1n) is 16.0. The number of hydrogen-bond acceptors (Lipinski definition) is 7. The summed E-state index contributed by atoms with van der Waals surface area (Å²) in [5.74, 6) is -0.874. The molecule has 3 amide bonds. The van der Waals surface area contributed by atoms with Gasteiger partial charge in [0, 0.05) is 30.8 Å². The van der Waals surface area contributed by atoms with Crippen molar-refractivity contribution in [1.82, 2.24) is 20.5 Å². The van der Waals surface area contributed by atoms with Crippen molar-refractivity contribution in [3.05, 3.63) is 51.5 Å². The molecular weight excluding hydrogens is 590 g/mol. The first-order valence-corrected chi connectivity index (χ1v) is 16.9. The van der Waals surface area contributed by atoms with Gasteiger partial charge in [0.1, 0.15) is 12.1 Å². The van der Waals surface area contributed by atoms with Crippen molar-refractivity contribution < 1.29 is 19.5 Å². The lowest BCUT2D eigenvalue weighted by Crippen LogP contribution is -2.57. The third kappa shape index (κ3) is 10.8. The number of aliphatic hydroxyl groups is 1. The molecule has 1 aliphatic heterocycles. The summed E-state index contributed by atoms with van der Waals surface area (Å²) in [6.45, 7) is 10.1. The first kappa shape index (κ1) is 36.0. The maximum Gasteiger partial charge on any atom is 0.246 e. The van der Waals surface area contributed by atoms with Gasteiger partial charge in [0.05, 0.1) is 28.2 Å². The van der Waals surface area contributed by atoms with E-state index in [4.69, 9.17) is 5.53 Å². The van der Waals surface area contributed by atoms with Crippen LogP contribution in [0.4, 0.5) is 0 Å². The average molecular weight is 640 g/mol. The average Bonchev–Trinajstić information content (AvgIpc) is 3.61. The highest BCUT2D eigenvalue weighted by molar-refractivity contribution is 7.13. The number of nitrogens with one attached hydrogen (secondary N) is 2. The van der Waals surface area contributed by atoms with E-state index in [1.807, 2.05) is 64.4 Å². The van der Waals surface area contributed by atoms with Gasteiger partial charge in [-0.15, -0.1) is 11.3 Å². The van der Waals surface area contributed by atoms with E-state index in [0.29, 0.717) is 13.0 Å². The predicted molar refractivity (Wildman–Crippen MR) is 177 cm³/mol. The monoisotopic (exact) mass is 639 g/mol. The van der Waals surface area contributed by atoms with Crippen molar-refractivity contribution in [2.75, 3.05) is 13.1 Å². The van der Waals surface area contributed by atoms with Gasteiger partial charge in [0.25, 0.3) is 0 Å². The van der Waals surface area contributed by atoms with E-state index in [2.05, 4.69) is 25.6 Å². The van der Waals surface area contributed by atoms with Gasteiger partial charge in [0.2, 0.25) is 17.7 Å². The number of rotatable bonds is 16. The smallest absolute Gasteiger partial charge is 0.246 e. The zero-order valence-corrected chi connectivity index (χ0v) is 28.1. The van der Waals surface area contributed by atoms with Gasteiger partial charge < -0.3 is 20.6 Å². The minimum absolute atomic E-state index is 0.0412. The number of aryl methyl sites for hydroxylation is 1. The summed E-state index contributed by atoms with van der Waals surface area (Å²) in [5.41, 5.74) is 12.5. The highest BCUT2D eigenvalue weighted by Crippen LogP contribution is 2.29. The Labute approximate surface area is 270 Å². The number of aromatic nitrogens is 1. The number of unbranched alkanes of at least 4 members (excludes halogenated alkanes) is 6. The summed E-state index contributed by atoms with van der Waals surface area (Å²) >= 11 is 1.59. The quantitative estimate of drug-likeness (QED) is 0.0859. The Balaban J connectivity index is 1.54. The van der Waals surface area contributed by atoms with Crippen molar-refractivity contribution in [2.24, 2.45) is 10.5 Å². The van der Waals surface area contributed by atoms with Gasteiger partial charge in [-0.3, -0.25) is 14.4 Å². The highest BCUT2D eigenvalue weighted by Gasteiger charge is 2.44. The lowest BCUT2D eigenvalue weighted by molar-refractivity contribution is -0.144. The van der Waals surface area contributed by atoms with Crippen molar-refractivity contribution >= 4 is 29.1 Å². The topological polar surface area (TPSA) is 160 Å². The van der Waals surface area contributed by atoms with Crippen LogP contribution in [0.25, 0.3) is 20.9 Å². The van der Waals surface area contributed by atoms with Gasteiger partial charge in [-0.25, -0.2) is 4.98 Å². The molecule has 0 aliphatic carbocycles. The molecule has 0 bridgehead atoms. The van der Waals surface area contributed by atoms with Crippen LogP contribution in [0, 0.1) is 12.3 Å². The van der Waals surface area contributed by atoms with Crippen LogP contribution in [0.1, 0.15) is 103 Å². The molecule has 1 aliphatic rings. The van der Waals surface area contributed by atoms with Crippen LogP contribution in [0.5, 0.6) is 0 Å². The summed E-state index contributed by atoms with van der Waals surface area (Å²) in [6, 6.07) is 6.02. The third-order valence-electron chi connectivity index (χ3n) is 8.29. The maximum absolute atomic E-state index is 13.9. The minimum atomic E-state index is -0.832. The molecule has 2 aromatic rings. The molecule has 1 fully saturated rings. The number of azide groups is 1. The van der Waals surface area contributed by atoms with E-state index in [9.17, 15) is 19.5 Å². The fourth-order valence-electron chi connectivity index (χ4n) is 5.65. The van der Waals surface area contributed by atoms with Gasteiger partial charge in [0.15, 0.2) is 0 Å². The SMILES string of the molecule is Cc1ncsc1-c1ccc([C@H](C)NC(=O)[C@@H]2C[C@@H](O)CN2C(=O)[C@@H](NC(=O)CCCCCCCCCN=[N+]=[N-])C(C)(C)C)cc1. The van der Waals surface area contributed by atoms with Gasteiger partial charge in [-0.1, -0.05) is 82.3 Å². The molecule has 1 aromatic carbocycles. The second-order valence-electron chi connectivity index (χ2n) is 13.1. The Morgan fingerprint density at radius 1 is 1.09 bits per heavy atom. The van der Waals surface area contributed by atoms with Crippen molar-refractivity contribution in [3.8, 4) is 10.4 Å². The number of nitrogens with zero attached hydrogens (tertiary/aromatic N) is 5. The highest BCUT2D eigenvalue weighted by atomic mass is 32.1. The van der Waals surface area contributed by atoms with E-state index < -0.39 is 23.6 Å². The molecule has 0 spiro atoms. The Bertz CT molecular complexity index is 1320. The van der Waals surface area contributed by atoms with E-state index in [0.717, 1.165) is 66.6 Å². The van der Waals surface area contributed by atoms with Gasteiger partial charge in [-0.05, 0) is 48.8 Å².